The smallest absolute Gasteiger partial charge is 0.148 e. The van der Waals surface area contributed by atoms with Gasteiger partial charge in [-0.05, 0) is 6.07 Å². The first kappa shape index (κ1) is 11.0. The lowest BCUT2D eigenvalue weighted by molar-refractivity contribution is -0.00585. The summed E-state index contributed by atoms with van der Waals surface area (Å²) >= 11 is 0. The molecule has 3 nitrogen and oxygen atoms in total. The Balaban J connectivity index is 1.92. The van der Waals surface area contributed by atoms with Crippen molar-refractivity contribution in [1.29, 1.82) is 0 Å². The predicted octanol–water partition coefficient (Wildman–Crippen LogP) is 1.19. The number of nitrogens with one attached hydrogen (secondary N) is 1. The molecule has 1 heterocycles. The number of benzene rings is 1. The van der Waals surface area contributed by atoms with E-state index in [1.807, 2.05) is 24.3 Å². The molecule has 0 atom stereocenters. The van der Waals surface area contributed by atoms with Crippen LogP contribution in [-0.2, 0) is 11.3 Å². The molecule has 1 fully saturated rings. The first-order chi connectivity index (χ1) is 7.90. The van der Waals surface area contributed by atoms with Crippen LogP contribution in [-0.4, -0.2) is 25.9 Å². The van der Waals surface area contributed by atoms with Crippen LogP contribution in [0.2, 0.25) is 0 Å². The fraction of sp³-hybridized carbons (Fsp3) is 0.385. The molecule has 0 saturated carbocycles. The normalized spacial score (nSPS) is 15.2. The van der Waals surface area contributed by atoms with E-state index in [4.69, 9.17) is 15.9 Å². The van der Waals surface area contributed by atoms with Gasteiger partial charge in [-0.25, -0.2) is 0 Å². The molecule has 1 aromatic carbocycles. The van der Waals surface area contributed by atoms with Gasteiger partial charge in [0.15, 0.2) is 0 Å². The number of ether oxygens (including phenoxy) is 2. The van der Waals surface area contributed by atoms with Gasteiger partial charge in [0.05, 0.1) is 19.3 Å². The molecule has 0 unspecified atom stereocenters. The van der Waals surface area contributed by atoms with Gasteiger partial charge in [-0.1, -0.05) is 24.1 Å². The lowest BCUT2D eigenvalue weighted by atomic mass is 10.1. The molecule has 16 heavy (non-hydrogen) atoms. The summed E-state index contributed by atoms with van der Waals surface area (Å²) in [4.78, 5) is 0. The Hall–Kier alpha value is -1.50. The third-order valence-corrected chi connectivity index (χ3v) is 2.50. The first-order valence-corrected chi connectivity index (χ1v) is 5.35. The average molecular weight is 217 g/mol. The van der Waals surface area contributed by atoms with E-state index in [2.05, 4.69) is 11.2 Å². The van der Waals surface area contributed by atoms with Crippen LogP contribution in [0.4, 0.5) is 0 Å². The third-order valence-electron chi connectivity index (χ3n) is 2.50. The lowest BCUT2D eigenvalue weighted by Gasteiger charge is -2.27. The van der Waals surface area contributed by atoms with Crippen molar-refractivity contribution in [3.05, 3.63) is 29.8 Å². The highest BCUT2D eigenvalue weighted by Crippen LogP contribution is 2.18. The zero-order valence-electron chi connectivity index (χ0n) is 9.11. The molecule has 3 heteroatoms. The van der Waals surface area contributed by atoms with Gasteiger partial charge in [0, 0.05) is 12.1 Å². The van der Waals surface area contributed by atoms with Gasteiger partial charge >= 0.3 is 0 Å². The summed E-state index contributed by atoms with van der Waals surface area (Å²) in [5, 5.41) is 3.40. The highest BCUT2D eigenvalue weighted by molar-refractivity contribution is 5.33. The highest BCUT2D eigenvalue weighted by atomic mass is 16.5. The van der Waals surface area contributed by atoms with E-state index in [-0.39, 0.29) is 0 Å². The molecule has 1 N–H and O–H groups in total. The first-order valence-electron chi connectivity index (χ1n) is 5.35. The van der Waals surface area contributed by atoms with Crippen molar-refractivity contribution in [2.45, 2.75) is 12.6 Å². The Labute approximate surface area is 95.8 Å². The monoisotopic (exact) mass is 217 g/mol. The SMILES string of the molecule is C#CCOc1ccccc1CNC1COC1. The quantitative estimate of drug-likeness (QED) is 0.751. The van der Waals surface area contributed by atoms with Crippen LogP contribution in [0, 0.1) is 12.3 Å². The van der Waals surface area contributed by atoms with Gasteiger partial charge in [-0.2, -0.15) is 0 Å². The third kappa shape index (κ3) is 2.75. The Kier molecular flexibility index (Phi) is 3.81. The van der Waals surface area contributed by atoms with E-state index < -0.39 is 0 Å². The largest absolute Gasteiger partial charge is 0.481 e. The molecule has 0 bridgehead atoms. The van der Waals surface area contributed by atoms with Gasteiger partial charge in [0.1, 0.15) is 12.4 Å². The van der Waals surface area contributed by atoms with Crippen LogP contribution in [0.15, 0.2) is 24.3 Å². The molecular formula is C13H15NO2. The summed E-state index contributed by atoms with van der Waals surface area (Å²) in [5.41, 5.74) is 1.13. The Morgan fingerprint density at radius 3 is 2.94 bits per heavy atom. The fourth-order valence-electron chi connectivity index (χ4n) is 1.52. The molecular weight excluding hydrogens is 202 g/mol. The molecule has 0 spiro atoms. The number of rotatable bonds is 5. The van der Waals surface area contributed by atoms with Gasteiger partial charge < -0.3 is 14.8 Å². The minimum Gasteiger partial charge on any atom is -0.481 e. The van der Waals surface area contributed by atoms with Crippen molar-refractivity contribution >= 4 is 0 Å². The summed E-state index contributed by atoms with van der Waals surface area (Å²) < 4.78 is 10.6. The Morgan fingerprint density at radius 1 is 1.44 bits per heavy atom. The van der Waals surface area contributed by atoms with Crippen molar-refractivity contribution in [2.75, 3.05) is 19.8 Å². The second kappa shape index (κ2) is 5.55. The summed E-state index contributed by atoms with van der Waals surface area (Å²) in [6.07, 6.45) is 5.17. The zero-order valence-corrected chi connectivity index (χ0v) is 9.11. The van der Waals surface area contributed by atoms with Crippen molar-refractivity contribution < 1.29 is 9.47 Å². The predicted molar refractivity (Wildman–Crippen MR) is 62.2 cm³/mol. The van der Waals surface area contributed by atoms with Crippen LogP contribution in [0.1, 0.15) is 5.56 Å². The molecule has 0 amide bonds. The van der Waals surface area contributed by atoms with E-state index in [9.17, 15) is 0 Å². The lowest BCUT2D eigenvalue weighted by Crippen LogP contribution is -2.45. The van der Waals surface area contributed by atoms with E-state index in [0.717, 1.165) is 31.1 Å². The molecule has 2 rings (SSSR count). The summed E-state index contributed by atoms with van der Waals surface area (Å²) in [6, 6.07) is 8.39. The molecule has 84 valence electrons. The van der Waals surface area contributed by atoms with E-state index >= 15 is 0 Å². The number of terminal acetylenes is 1. The molecule has 1 aliphatic rings. The summed E-state index contributed by atoms with van der Waals surface area (Å²) in [5.74, 6) is 3.32. The van der Waals surface area contributed by atoms with Gasteiger partial charge in [-0.3, -0.25) is 0 Å². The standard InChI is InChI=1S/C13H15NO2/c1-2-7-16-13-6-4-3-5-11(13)8-14-12-9-15-10-12/h1,3-6,12,14H,7-10H2. The van der Waals surface area contributed by atoms with Gasteiger partial charge in [-0.15, -0.1) is 6.42 Å². The van der Waals surface area contributed by atoms with E-state index in [0.29, 0.717) is 12.6 Å². The van der Waals surface area contributed by atoms with Crippen LogP contribution in [0.25, 0.3) is 0 Å². The topological polar surface area (TPSA) is 30.5 Å². The average Bonchev–Trinajstić information content (AvgIpc) is 2.26. The minimum atomic E-state index is 0.309. The molecule has 0 radical (unpaired) electrons. The Morgan fingerprint density at radius 2 is 2.25 bits per heavy atom. The Bertz CT molecular complexity index is 380. The number of hydrogen-bond donors (Lipinski definition) is 1. The molecule has 0 aliphatic carbocycles. The van der Waals surface area contributed by atoms with Crippen LogP contribution < -0.4 is 10.1 Å². The minimum absolute atomic E-state index is 0.309. The number of hydrogen-bond acceptors (Lipinski definition) is 3. The van der Waals surface area contributed by atoms with E-state index in [1.165, 1.54) is 0 Å². The van der Waals surface area contributed by atoms with Crippen LogP contribution >= 0.6 is 0 Å². The fourth-order valence-corrected chi connectivity index (χ4v) is 1.52. The second-order valence-electron chi connectivity index (χ2n) is 3.72. The van der Waals surface area contributed by atoms with Crippen LogP contribution in [0.3, 0.4) is 0 Å². The summed E-state index contributed by atoms with van der Waals surface area (Å²) in [6.45, 7) is 2.69. The van der Waals surface area contributed by atoms with Gasteiger partial charge in [0.25, 0.3) is 0 Å². The number of para-hydroxylation sites is 1. The van der Waals surface area contributed by atoms with Crippen molar-refractivity contribution in [1.82, 2.24) is 5.32 Å². The summed E-state index contributed by atoms with van der Waals surface area (Å²) in [7, 11) is 0. The van der Waals surface area contributed by atoms with Crippen molar-refractivity contribution in [3.63, 3.8) is 0 Å². The van der Waals surface area contributed by atoms with Crippen molar-refractivity contribution in [3.8, 4) is 18.1 Å². The molecule has 1 aliphatic heterocycles. The molecule has 0 aromatic heterocycles. The van der Waals surface area contributed by atoms with Crippen LogP contribution in [0.5, 0.6) is 5.75 Å². The second-order valence-corrected chi connectivity index (χ2v) is 3.72. The maximum atomic E-state index is 5.46. The zero-order chi connectivity index (χ0) is 11.2. The maximum absolute atomic E-state index is 5.46. The van der Waals surface area contributed by atoms with Crippen molar-refractivity contribution in [2.24, 2.45) is 0 Å². The highest BCUT2D eigenvalue weighted by Gasteiger charge is 2.17. The maximum Gasteiger partial charge on any atom is 0.148 e. The molecule has 1 saturated heterocycles. The van der Waals surface area contributed by atoms with Gasteiger partial charge in [0.2, 0.25) is 0 Å². The van der Waals surface area contributed by atoms with E-state index in [1.54, 1.807) is 0 Å². The molecule has 1 aromatic rings.